The third-order valence-electron chi connectivity index (χ3n) is 0.842. The van der Waals surface area contributed by atoms with E-state index in [1.165, 1.54) is 0 Å². The Labute approximate surface area is 61.1 Å². The summed E-state index contributed by atoms with van der Waals surface area (Å²) < 4.78 is 4.81. The molecular weight excluding hydrogens is 132 g/mol. The fourth-order valence-corrected chi connectivity index (χ4v) is 0.539. The van der Waals surface area contributed by atoms with Gasteiger partial charge in [-0.2, -0.15) is 5.84 Å². The zero-order valence-electron chi connectivity index (χ0n) is 6.76. The van der Waals surface area contributed by atoms with E-state index in [-0.39, 0.29) is 17.1 Å². The lowest BCUT2D eigenvalue weighted by Gasteiger charge is -2.20. The molecule has 10 heavy (non-hydrogen) atoms. The highest BCUT2D eigenvalue weighted by Gasteiger charge is 2.15. The van der Waals surface area contributed by atoms with Crippen molar-refractivity contribution >= 4 is 5.97 Å². The largest absolute Gasteiger partial charge is 0.462 e. The van der Waals surface area contributed by atoms with Gasteiger partial charge in [-0.25, -0.2) is 9.39 Å². The normalized spacial score (nSPS) is 11.2. The molecule has 0 heterocycles. The van der Waals surface area contributed by atoms with E-state index >= 15 is 0 Å². The lowest BCUT2D eigenvalue weighted by Crippen LogP contribution is -2.50. The monoisotopic (exact) mass is 147 g/mol. The minimum absolute atomic E-state index is 0.124. The number of nitrogens with two attached hydrogens (primary N) is 1. The molecule has 0 fully saturated rings. The molecule has 0 aromatic rings. The van der Waals surface area contributed by atoms with Crippen molar-refractivity contribution in [2.45, 2.75) is 6.92 Å². The number of carbonyl (C=O) groups is 1. The molecule has 0 aromatic carbocycles. The number of likely N-dealkylation sites (N-methyl/N-ethyl adjacent to an activating group) is 1. The maximum atomic E-state index is 10.7. The fourth-order valence-electron chi connectivity index (χ4n) is 0.539. The molecule has 0 aromatic heterocycles. The van der Waals surface area contributed by atoms with Gasteiger partial charge in [0.15, 0.2) is 6.54 Å². The Kier molecular flexibility index (Phi) is 3.32. The van der Waals surface area contributed by atoms with E-state index in [0.717, 1.165) is 0 Å². The van der Waals surface area contributed by atoms with Crippen LogP contribution < -0.4 is 5.84 Å². The third kappa shape index (κ3) is 5.53. The molecule has 4 nitrogen and oxygen atoms in total. The maximum Gasteiger partial charge on any atom is 0.363 e. The van der Waals surface area contributed by atoms with Crippen LogP contribution in [0.4, 0.5) is 0 Å². The summed E-state index contributed by atoms with van der Waals surface area (Å²) in [6.45, 7) is 2.40. The first-order valence-electron chi connectivity index (χ1n) is 3.23. The van der Waals surface area contributed by atoms with E-state index in [1.807, 2.05) is 0 Å². The molecule has 0 bridgehead atoms. The van der Waals surface area contributed by atoms with Crippen LogP contribution in [0.1, 0.15) is 6.92 Å². The smallest absolute Gasteiger partial charge is 0.363 e. The predicted molar refractivity (Wildman–Crippen MR) is 37.8 cm³/mol. The van der Waals surface area contributed by atoms with Crippen LogP contribution in [0.2, 0.25) is 0 Å². The van der Waals surface area contributed by atoms with E-state index < -0.39 is 0 Å². The first-order valence-corrected chi connectivity index (χ1v) is 3.23. The highest BCUT2D eigenvalue weighted by Crippen LogP contribution is 1.86. The third-order valence-corrected chi connectivity index (χ3v) is 0.842. The molecule has 0 saturated carbocycles. The molecule has 0 aliphatic carbocycles. The predicted octanol–water partition coefficient (Wildman–Crippen LogP) is -0.500. The van der Waals surface area contributed by atoms with Crippen LogP contribution in [0.25, 0.3) is 0 Å². The van der Waals surface area contributed by atoms with Crippen LogP contribution in [-0.4, -0.2) is 37.8 Å². The number of esters is 1. The van der Waals surface area contributed by atoms with Crippen molar-refractivity contribution in [2.24, 2.45) is 5.84 Å². The number of carbonyl (C=O) groups excluding carboxylic acids is 1. The molecular formula is C6H15N2O2+. The Morgan fingerprint density at radius 1 is 1.60 bits per heavy atom. The summed E-state index contributed by atoms with van der Waals surface area (Å²) in [6.07, 6.45) is 0. The van der Waals surface area contributed by atoms with E-state index in [2.05, 4.69) is 4.74 Å². The van der Waals surface area contributed by atoms with Gasteiger partial charge in [-0.05, 0) is 6.92 Å². The molecule has 0 radical (unpaired) electrons. The highest BCUT2D eigenvalue weighted by atomic mass is 16.5. The summed E-state index contributed by atoms with van der Waals surface area (Å²) in [4.78, 5) is 10.7. The number of quaternary nitrogens is 1. The van der Waals surface area contributed by atoms with Gasteiger partial charge in [-0.1, -0.05) is 0 Å². The van der Waals surface area contributed by atoms with E-state index in [4.69, 9.17) is 5.84 Å². The molecule has 0 unspecified atom stereocenters. The summed E-state index contributed by atoms with van der Waals surface area (Å²) in [5, 5.41) is 0. The average Bonchev–Trinajstić information content (AvgIpc) is 1.59. The minimum atomic E-state index is -0.255. The number of ether oxygens (including phenoxy) is 1. The number of hydrogen-bond acceptors (Lipinski definition) is 3. The van der Waals surface area contributed by atoms with Gasteiger partial charge in [0, 0.05) is 0 Å². The Balaban J connectivity index is 3.58. The Bertz CT molecular complexity index is 117. The summed E-state index contributed by atoms with van der Waals surface area (Å²) in [5.41, 5.74) is 0. The van der Waals surface area contributed by atoms with Crippen LogP contribution >= 0.6 is 0 Å². The van der Waals surface area contributed by atoms with Crippen LogP contribution in [0, 0.1) is 0 Å². The minimum Gasteiger partial charge on any atom is -0.462 e. The summed E-state index contributed by atoms with van der Waals surface area (Å²) in [6, 6.07) is 0. The molecule has 4 heteroatoms. The second-order valence-electron chi connectivity index (χ2n) is 2.74. The van der Waals surface area contributed by atoms with Gasteiger partial charge in [-0.3, -0.25) is 0 Å². The molecule has 0 rings (SSSR count). The first kappa shape index (κ1) is 9.39. The second-order valence-corrected chi connectivity index (χ2v) is 2.74. The lowest BCUT2D eigenvalue weighted by atomic mass is 10.6. The summed E-state index contributed by atoms with van der Waals surface area (Å²) in [5.74, 6) is 5.25. The van der Waals surface area contributed by atoms with Gasteiger partial charge in [-0.15, -0.1) is 0 Å². The van der Waals surface area contributed by atoms with Crippen molar-refractivity contribution in [1.29, 1.82) is 0 Å². The van der Waals surface area contributed by atoms with Crippen LogP contribution in [0.3, 0.4) is 0 Å². The Morgan fingerprint density at radius 2 is 2.10 bits per heavy atom. The highest BCUT2D eigenvalue weighted by molar-refractivity contribution is 5.70. The van der Waals surface area contributed by atoms with Crippen molar-refractivity contribution in [2.75, 3.05) is 27.2 Å². The Hall–Kier alpha value is -0.610. The van der Waals surface area contributed by atoms with Crippen LogP contribution in [-0.2, 0) is 9.53 Å². The molecule has 0 aliphatic heterocycles. The SMILES string of the molecule is CCOC(=O)C[N+](C)(C)N. The van der Waals surface area contributed by atoms with Gasteiger partial charge >= 0.3 is 5.97 Å². The van der Waals surface area contributed by atoms with Gasteiger partial charge < -0.3 is 4.74 Å². The summed E-state index contributed by atoms with van der Waals surface area (Å²) in [7, 11) is 3.47. The van der Waals surface area contributed by atoms with E-state index in [9.17, 15) is 4.79 Å². The van der Waals surface area contributed by atoms with Crippen molar-refractivity contribution in [3.8, 4) is 0 Å². The fraction of sp³-hybridized carbons (Fsp3) is 0.833. The lowest BCUT2D eigenvalue weighted by molar-refractivity contribution is -0.895. The molecule has 0 spiro atoms. The average molecular weight is 147 g/mol. The zero-order chi connectivity index (χ0) is 8.20. The molecule has 0 atom stereocenters. The summed E-state index contributed by atoms with van der Waals surface area (Å²) >= 11 is 0. The van der Waals surface area contributed by atoms with Crippen molar-refractivity contribution in [1.82, 2.24) is 0 Å². The van der Waals surface area contributed by atoms with Crippen molar-refractivity contribution in [3.05, 3.63) is 0 Å². The molecule has 2 N–H and O–H groups in total. The first-order chi connectivity index (χ1) is 4.45. The maximum absolute atomic E-state index is 10.7. The van der Waals surface area contributed by atoms with Gasteiger partial charge in [0.2, 0.25) is 0 Å². The number of hydrogen-bond donors (Lipinski definition) is 1. The standard InChI is InChI=1S/C6H15N2O2/c1-4-10-6(9)5-8(2,3)7/h4-5,7H2,1-3H3/q+1. The van der Waals surface area contributed by atoms with E-state index in [1.54, 1.807) is 21.0 Å². The Morgan fingerprint density at radius 3 is 2.40 bits per heavy atom. The molecule has 0 amide bonds. The zero-order valence-corrected chi connectivity index (χ0v) is 6.76. The van der Waals surface area contributed by atoms with Crippen LogP contribution in [0.5, 0.6) is 0 Å². The van der Waals surface area contributed by atoms with Gasteiger partial charge in [0.1, 0.15) is 0 Å². The van der Waals surface area contributed by atoms with E-state index in [0.29, 0.717) is 6.61 Å². The van der Waals surface area contributed by atoms with Gasteiger partial charge in [0.05, 0.1) is 20.7 Å². The van der Waals surface area contributed by atoms with Gasteiger partial charge in [0.25, 0.3) is 0 Å². The topological polar surface area (TPSA) is 52.3 Å². The quantitative estimate of drug-likeness (QED) is 0.253. The number of rotatable bonds is 3. The second kappa shape index (κ2) is 3.53. The van der Waals surface area contributed by atoms with Crippen molar-refractivity contribution in [3.63, 3.8) is 0 Å². The molecule has 60 valence electrons. The molecule has 0 aliphatic rings. The van der Waals surface area contributed by atoms with Crippen LogP contribution in [0.15, 0.2) is 0 Å². The van der Waals surface area contributed by atoms with Crippen molar-refractivity contribution < 1.29 is 14.1 Å². The molecule has 0 saturated heterocycles. The number of nitrogens with zero attached hydrogens (tertiary/aromatic N) is 1.